The van der Waals surface area contributed by atoms with Gasteiger partial charge in [0, 0.05) is 47.5 Å². The van der Waals surface area contributed by atoms with E-state index in [1.807, 2.05) is 4.90 Å². The number of carbonyl (C=O) groups is 2. The van der Waals surface area contributed by atoms with Gasteiger partial charge in [-0.15, -0.1) is 0 Å². The number of benzene rings is 2. The molecule has 0 atom stereocenters. The minimum atomic E-state index is -0.0908. The van der Waals surface area contributed by atoms with Gasteiger partial charge < -0.3 is 10.2 Å². The van der Waals surface area contributed by atoms with Crippen LogP contribution in [0, 0.1) is 0 Å². The van der Waals surface area contributed by atoms with Crippen LogP contribution in [0.3, 0.4) is 0 Å². The molecule has 0 spiro atoms. The molecule has 1 fully saturated rings. The lowest BCUT2D eigenvalue weighted by Crippen LogP contribution is -2.38. The second-order valence-electron chi connectivity index (χ2n) is 6.49. The van der Waals surface area contributed by atoms with Gasteiger partial charge in [0.25, 0.3) is 5.91 Å². The van der Waals surface area contributed by atoms with Crippen molar-refractivity contribution in [1.82, 2.24) is 9.80 Å². The maximum atomic E-state index is 12.7. The van der Waals surface area contributed by atoms with Gasteiger partial charge in [0.2, 0.25) is 5.91 Å². The maximum Gasteiger partial charge on any atom is 0.253 e. The zero-order chi connectivity index (χ0) is 19.2. The average Bonchev–Trinajstić information content (AvgIpc) is 2.86. The molecule has 27 heavy (non-hydrogen) atoms. The summed E-state index contributed by atoms with van der Waals surface area (Å²) in [6, 6.07) is 14.1. The number of hydrogen-bond acceptors (Lipinski definition) is 3. The number of anilines is 1. The van der Waals surface area contributed by atoms with Crippen LogP contribution in [0.2, 0.25) is 10.0 Å². The van der Waals surface area contributed by atoms with Crippen molar-refractivity contribution in [3.63, 3.8) is 0 Å². The second kappa shape index (κ2) is 9.22. The summed E-state index contributed by atoms with van der Waals surface area (Å²) in [6.45, 7) is 2.94. The number of rotatable bonds is 4. The Balaban J connectivity index is 1.53. The van der Waals surface area contributed by atoms with Gasteiger partial charge in [0.05, 0.1) is 6.54 Å². The average molecular weight is 406 g/mol. The van der Waals surface area contributed by atoms with Crippen LogP contribution in [-0.4, -0.2) is 54.3 Å². The van der Waals surface area contributed by atoms with Crippen molar-refractivity contribution in [2.45, 2.75) is 6.42 Å². The normalized spacial score (nSPS) is 15.3. The molecule has 0 aromatic heterocycles. The fourth-order valence-electron chi connectivity index (χ4n) is 3.11. The van der Waals surface area contributed by atoms with E-state index >= 15 is 0 Å². The number of amides is 2. The van der Waals surface area contributed by atoms with E-state index < -0.39 is 0 Å². The van der Waals surface area contributed by atoms with Gasteiger partial charge in [0.15, 0.2) is 0 Å². The molecule has 1 aliphatic heterocycles. The lowest BCUT2D eigenvalue weighted by molar-refractivity contribution is -0.117. The molecule has 0 bridgehead atoms. The molecule has 5 nitrogen and oxygen atoms in total. The van der Waals surface area contributed by atoms with Crippen molar-refractivity contribution < 1.29 is 9.59 Å². The Morgan fingerprint density at radius 2 is 1.67 bits per heavy atom. The Morgan fingerprint density at radius 3 is 2.41 bits per heavy atom. The summed E-state index contributed by atoms with van der Waals surface area (Å²) in [6.07, 6.45) is 0.816. The van der Waals surface area contributed by atoms with Crippen molar-refractivity contribution >= 4 is 40.7 Å². The number of carbonyl (C=O) groups excluding carboxylic acids is 2. The van der Waals surface area contributed by atoms with Crippen LogP contribution < -0.4 is 5.32 Å². The van der Waals surface area contributed by atoms with Gasteiger partial charge in [-0.05, 0) is 42.8 Å². The fourth-order valence-corrected chi connectivity index (χ4v) is 3.49. The third-order valence-corrected chi connectivity index (χ3v) is 4.89. The van der Waals surface area contributed by atoms with Crippen molar-refractivity contribution in [2.75, 3.05) is 38.0 Å². The van der Waals surface area contributed by atoms with Crippen LogP contribution >= 0.6 is 23.2 Å². The summed E-state index contributed by atoms with van der Waals surface area (Å²) in [5.41, 5.74) is 1.27. The molecule has 1 aliphatic rings. The molecule has 1 N–H and O–H groups in total. The molecule has 2 aromatic carbocycles. The summed E-state index contributed by atoms with van der Waals surface area (Å²) >= 11 is 11.9. The van der Waals surface area contributed by atoms with Crippen molar-refractivity contribution in [2.24, 2.45) is 0 Å². The molecule has 2 aromatic rings. The molecule has 0 unspecified atom stereocenters. The lowest BCUT2D eigenvalue weighted by Gasteiger charge is -2.22. The van der Waals surface area contributed by atoms with Gasteiger partial charge in [0.1, 0.15) is 0 Å². The van der Waals surface area contributed by atoms with E-state index in [-0.39, 0.29) is 18.4 Å². The maximum absolute atomic E-state index is 12.7. The molecule has 7 heteroatoms. The predicted molar refractivity (Wildman–Crippen MR) is 108 cm³/mol. The van der Waals surface area contributed by atoms with Crippen LogP contribution in [0.15, 0.2) is 48.5 Å². The first-order chi connectivity index (χ1) is 13.0. The minimum absolute atomic E-state index is 0.0253. The number of hydrogen-bond donors (Lipinski definition) is 1. The number of halogens is 2. The van der Waals surface area contributed by atoms with Crippen LogP contribution in [0.1, 0.15) is 16.8 Å². The zero-order valence-electron chi connectivity index (χ0n) is 14.8. The summed E-state index contributed by atoms with van der Waals surface area (Å²) in [5, 5.41) is 3.99. The van der Waals surface area contributed by atoms with E-state index in [0.717, 1.165) is 13.0 Å². The highest BCUT2D eigenvalue weighted by Crippen LogP contribution is 2.16. The molecule has 1 saturated heterocycles. The first-order valence-electron chi connectivity index (χ1n) is 8.84. The van der Waals surface area contributed by atoms with E-state index in [9.17, 15) is 9.59 Å². The third kappa shape index (κ3) is 5.70. The summed E-state index contributed by atoms with van der Waals surface area (Å²) < 4.78 is 0. The smallest absolute Gasteiger partial charge is 0.253 e. The summed E-state index contributed by atoms with van der Waals surface area (Å²) in [4.78, 5) is 28.8. The molecule has 0 aliphatic carbocycles. The van der Waals surface area contributed by atoms with E-state index in [4.69, 9.17) is 23.2 Å². The third-order valence-electron chi connectivity index (χ3n) is 4.42. The van der Waals surface area contributed by atoms with E-state index in [1.54, 1.807) is 48.5 Å². The SMILES string of the molecule is O=C(CN1CCCN(C(=O)c2cccc(Cl)c2)CC1)Nc1cccc(Cl)c1. The molecular formula is C20H21Cl2N3O2. The highest BCUT2D eigenvalue weighted by Gasteiger charge is 2.21. The molecule has 1 heterocycles. The first kappa shape index (κ1) is 19.7. The Kier molecular flexibility index (Phi) is 6.72. The Hall–Kier alpha value is -2.08. The van der Waals surface area contributed by atoms with Crippen molar-refractivity contribution in [3.05, 3.63) is 64.1 Å². The predicted octanol–water partition coefficient (Wildman–Crippen LogP) is 3.78. The Bertz CT molecular complexity index is 828. The van der Waals surface area contributed by atoms with E-state index in [1.165, 1.54) is 0 Å². The van der Waals surface area contributed by atoms with Crippen LogP contribution in [0.4, 0.5) is 5.69 Å². The van der Waals surface area contributed by atoms with Crippen LogP contribution in [0.5, 0.6) is 0 Å². The number of nitrogens with zero attached hydrogens (tertiary/aromatic N) is 2. The zero-order valence-corrected chi connectivity index (χ0v) is 16.3. The Morgan fingerprint density at radius 1 is 0.926 bits per heavy atom. The fraction of sp³-hybridized carbons (Fsp3) is 0.300. The molecule has 0 saturated carbocycles. The number of nitrogens with one attached hydrogen (secondary N) is 1. The van der Waals surface area contributed by atoms with Gasteiger partial charge in [-0.1, -0.05) is 35.3 Å². The first-order valence-corrected chi connectivity index (χ1v) is 9.59. The van der Waals surface area contributed by atoms with Gasteiger partial charge in [-0.2, -0.15) is 0 Å². The minimum Gasteiger partial charge on any atom is -0.337 e. The molecular weight excluding hydrogens is 385 g/mol. The molecule has 2 amide bonds. The van der Waals surface area contributed by atoms with Crippen LogP contribution in [-0.2, 0) is 4.79 Å². The second-order valence-corrected chi connectivity index (χ2v) is 7.36. The van der Waals surface area contributed by atoms with E-state index in [0.29, 0.717) is 40.9 Å². The van der Waals surface area contributed by atoms with Crippen molar-refractivity contribution in [3.8, 4) is 0 Å². The topological polar surface area (TPSA) is 52.7 Å². The monoisotopic (exact) mass is 405 g/mol. The molecule has 142 valence electrons. The van der Waals surface area contributed by atoms with Gasteiger partial charge >= 0.3 is 0 Å². The largest absolute Gasteiger partial charge is 0.337 e. The lowest BCUT2D eigenvalue weighted by atomic mass is 10.2. The van der Waals surface area contributed by atoms with Gasteiger partial charge in [-0.25, -0.2) is 0 Å². The Labute approximate surface area is 168 Å². The quantitative estimate of drug-likeness (QED) is 0.841. The summed E-state index contributed by atoms with van der Waals surface area (Å²) in [5.74, 6) is -0.116. The van der Waals surface area contributed by atoms with E-state index in [2.05, 4.69) is 10.2 Å². The highest BCUT2D eigenvalue weighted by atomic mass is 35.5. The standard InChI is InChI=1S/C20H21Cl2N3O2/c21-16-5-1-4-15(12-16)20(27)25-9-3-8-24(10-11-25)14-19(26)23-18-7-2-6-17(22)13-18/h1-2,4-7,12-13H,3,8-11,14H2,(H,23,26). The summed E-state index contributed by atoms with van der Waals surface area (Å²) in [7, 11) is 0. The van der Waals surface area contributed by atoms with Gasteiger partial charge in [-0.3, -0.25) is 14.5 Å². The van der Waals surface area contributed by atoms with Crippen molar-refractivity contribution in [1.29, 1.82) is 0 Å². The molecule has 0 radical (unpaired) electrons. The van der Waals surface area contributed by atoms with Crippen LogP contribution in [0.25, 0.3) is 0 Å². The molecule has 3 rings (SSSR count). The highest BCUT2D eigenvalue weighted by molar-refractivity contribution is 6.31.